The van der Waals surface area contributed by atoms with Gasteiger partial charge < -0.3 is 5.11 Å². The lowest BCUT2D eigenvalue weighted by Crippen LogP contribution is -2.30. The van der Waals surface area contributed by atoms with Gasteiger partial charge in [-0.05, 0) is 24.1 Å². The molecule has 3 heteroatoms. The van der Waals surface area contributed by atoms with Crippen LogP contribution in [0.15, 0.2) is 18.2 Å². The maximum absolute atomic E-state index is 10.4. The molecule has 0 atom stereocenters. The first-order valence-corrected chi connectivity index (χ1v) is 5.29. The molecule has 0 aliphatic heterocycles. The summed E-state index contributed by atoms with van der Waals surface area (Å²) in [4.78, 5) is 10.4. The maximum Gasteiger partial charge on any atom is 0.382 e. The van der Waals surface area contributed by atoms with Crippen LogP contribution in [0.4, 0.5) is 0 Å². The van der Waals surface area contributed by atoms with Gasteiger partial charge in [-0.2, -0.15) is 0 Å². The number of carbonyl (C=O) groups is 1. The van der Waals surface area contributed by atoms with E-state index in [9.17, 15) is 4.79 Å². The molecule has 1 aliphatic rings. The molecule has 1 N–H and O–H groups in total. The molecule has 1 aromatic carbocycles. The van der Waals surface area contributed by atoms with Crippen molar-refractivity contribution in [3.05, 3.63) is 33.7 Å². The van der Waals surface area contributed by atoms with Crippen LogP contribution in [0, 0.1) is 11.8 Å². The third kappa shape index (κ3) is 2.10. The lowest BCUT2D eigenvalue weighted by molar-refractivity contribution is -0.130. The summed E-state index contributed by atoms with van der Waals surface area (Å²) in [6.07, 6.45) is 3.71. The minimum atomic E-state index is -1.12. The van der Waals surface area contributed by atoms with E-state index in [4.69, 9.17) is 16.7 Å². The second-order valence-electron chi connectivity index (χ2n) is 3.48. The van der Waals surface area contributed by atoms with E-state index in [1.807, 2.05) is 12.1 Å². The van der Waals surface area contributed by atoms with Gasteiger partial charge >= 0.3 is 5.97 Å². The predicted octanol–water partition coefficient (Wildman–Crippen LogP) is 1.15. The van der Waals surface area contributed by atoms with Gasteiger partial charge in [0.25, 0.3) is 0 Å². The van der Waals surface area contributed by atoms with Crippen LogP contribution in [0.5, 0.6) is 0 Å². The van der Waals surface area contributed by atoms with Crippen molar-refractivity contribution in [2.75, 3.05) is 0 Å². The Morgan fingerprint density at radius 3 is 3.00 bits per heavy atom. The molecule has 2 nitrogen and oxygen atoms in total. The summed E-state index contributed by atoms with van der Waals surface area (Å²) < 4.78 is 0. The Morgan fingerprint density at radius 1 is 1.44 bits per heavy atom. The van der Waals surface area contributed by atoms with Gasteiger partial charge in [0.1, 0.15) is 0 Å². The Balaban J connectivity index is 2.73. The average Bonchev–Trinajstić information content (AvgIpc) is 2.26. The molecule has 0 amide bonds. The number of carboxylic acid groups (broad SMARTS) is 1. The van der Waals surface area contributed by atoms with Gasteiger partial charge in [0.15, 0.2) is 0 Å². The largest absolute Gasteiger partial charge is 0.472 e. The van der Waals surface area contributed by atoms with Gasteiger partial charge in [0.2, 0.25) is 0 Å². The first-order valence-electron chi connectivity index (χ1n) is 4.91. The van der Waals surface area contributed by atoms with Crippen LogP contribution >= 0.6 is 11.6 Å². The lowest BCUT2D eigenvalue weighted by Gasteiger charge is -2.06. The fourth-order valence-electron chi connectivity index (χ4n) is 1.78. The topological polar surface area (TPSA) is 37.3 Å². The minimum Gasteiger partial charge on any atom is -0.472 e. The minimum absolute atomic E-state index is 0.628. The van der Waals surface area contributed by atoms with Crippen molar-refractivity contribution in [1.82, 2.24) is 0 Å². The van der Waals surface area contributed by atoms with Crippen molar-refractivity contribution in [2.45, 2.75) is 12.8 Å². The van der Waals surface area contributed by atoms with Crippen molar-refractivity contribution in [3.8, 4) is 11.8 Å². The number of hydrogen-bond donors (Lipinski definition) is 1. The highest BCUT2D eigenvalue weighted by molar-refractivity contribution is 6.30. The molecule has 2 rings (SSSR count). The summed E-state index contributed by atoms with van der Waals surface area (Å²) in [6.45, 7) is 0. The van der Waals surface area contributed by atoms with Gasteiger partial charge in [0.05, 0.1) is 0 Å². The van der Waals surface area contributed by atoms with Crippen LogP contribution in [0.1, 0.15) is 12.8 Å². The Kier molecular flexibility index (Phi) is 2.98. The van der Waals surface area contributed by atoms with E-state index in [2.05, 4.69) is 17.9 Å². The number of benzene rings is 1. The molecule has 0 radical (unpaired) electrons. The van der Waals surface area contributed by atoms with Gasteiger partial charge in [-0.15, -0.1) is 0 Å². The van der Waals surface area contributed by atoms with Crippen molar-refractivity contribution in [3.63, 3.8) is 0 Å². The molecule has 0 saturated heterocycles. The highest BCUT2D eigenvalue weighted by Gasteiger charge is 2.05. The zero-order valence-electron chi connectivity index (χ0n) is 8.46. The van der Waals surface area contributed by atoms with Crippen molar-refractivity contribution >= 4 is 29.2 Å². The highest BCUT2D eigenvalue weighted by atomic mass is 35.5. The third-order valence-corrected chi connectivity index (χ3v) is 2.74. The number of aliphatic carboxylic acids is 1. The molecule has 0 bridgehead atoms. The standard InChI is InChI=1S/C13H9ClO2/c14-11-6-2-5-9-3-1-4-10(13(9)11)7-8-12(15)16/h2-3,5-6H,1,4H2,(H,15,16). The fraction of sp³-hybridized carbons (Fsp3) is 0.154. The summed E-state index contributed by atoms with van der Waals surface area (Å²) in [5, 5.41) is 11.1. The predicted molar refractivity (Wildman–Crippen MR) is 63.2 cm³/mol. The molecule has 0 spiro atoms. The second-order valence-corrected chi connectivity index (χ2v) is 3.89. The molecule has 0 aromatic heterocycles. The quantitative estimate of drug-likeness (QED) is 0.682. The molecule has 0 heterocycles. The van der Waals surface area contributed by atoms with Crippen LogP contribution in [-0.4, -0.2) is 11.1 Å². The molecule has 0 fully saturated rings. The molecule has 0 unspecified atom stereocenters. The van der Waals surface area contributed by atoms with E-state index < -0.39 is 5.97 Å². The van der Waals surface area contributed by atoms with Crippen LogP contribution in [0.2, 0.25) is 5.02 Å². The van der Waals surface area contributed by atoms with Crippen LogP contribution in [-0.2, 0) is 4.79 Å². The Labute approximate surface area is 97.9 Å². The van der Waals surface area contributed by atoms with Crippen LogP contribution in [0.25, 0.3) is 11.6 Å². The summed E-state index contributed by atoms with van der Waals surface area (Å²) in [5.74, 6) is 3.71. The average molecular weight is 233 g/mol. The first kappa shape index (κ1) is 10.8. The number of rotatable bonds is 0. The SMILES string of the molecule is O=C(O)C#CC1=c2c(Cl)cccc2=CCC1. The van der Waals surface area contributed by atoms with Crippen molar-refractivity contribution < 1.29 is 9.90 Å². The zero-order chi connectivity index (χ0) is 11.5. The van der Waals surface area contributed by atoms with E-state index in [1.54, 1.807) is 6.07 Å². The number of carboxylic acids is 1. The summed E-state index contributed by atoms with van der Waals surface area (Å²) in [6, 6.07) is 5.63. The molecule has 80 valence electrons. The number of halogens is 1. The normalized spacial score (nSPS) is 13.2. The first-order chi connectivity index (χ1) is 7.68. The zero-order valence-corrected chi connectivity index (χ0v) is 9.21. The van der Waals surface area contributed by atoms with Crippen LogP contribution < -0.4 is 10.4 Å². The Hall–Kier alpha value is -1.72. The van der Waals surface area contributed by atoms with Crippen molar-refractivity contribution in [1.29, 1.82) is 0 Å². The van der Waals surface area contributed by atoms with E-state index in [1.165, 1.54) is 0 Å². The van der Waals surface area contributed by atoms with E-state index in [0.717, 1.165) is 28.9 Å². The maximum atomic E-state index is 10.4. The van der Waals surface area contributed by atoms with E-state index >= 15 is 0 Å². The number of fused-ring (bicyclic) bond motifs is 1. The molecule has 16 heavy (non-hydrogen) atoms. The summed E-state index contributed by atoms with van der Waals surface area (Å²) in [5.41, 5.74) is 0.811. The van der Waals surface area contributed by atoms with E-state index in [0.29, 0.717) is 5.02 Å². The molecular formula is C13H9ClO2. The Bertz CT molecular complexity index is 618. The lowest BCUT2D eigenvalue weighted by atomic mass is 10.00. The third-order valence-electron chi connectivity index (χ3n) is 2.43. The molecule has 0 saturated carbocycles. The second kappa shape index (κ2) is 4.42. The van der Waals surface area contributed by atoms with Crippen LogP contribution in [0.3, 0.4) is 0 Å². The summed E-state index contributed by atoms with van der Waals surface area (Å²) >= 11 is 6.10. The monoisotopic (exact) mass is 232 g/mol. The molecular weight excluding hydrogens is 224 g/mol. The van der Waals surface area contributed by atoms with Gasteiger partial charge in [-0.1, -0.05) is 35.7 Å². The van der Waals surface area contributed by atoms with Crippen molar-refractivity contribution in [2.24, 2.45) is 0 Å². The highest BCUT2D eigenvalue weighted by Crippen LogP contribution is 2.09. The van der Waals surface area contributed by atoms with Gasteiger partial charge in [0, 0.05) is 21.7 Å². The summed E-state index contributed by atoms with van der Waals surface area (Å²) in [7, 11) is 0. The molecule has 1 aromatic rings. The number of hydrogen-bond acceptors (Lipinski definition) is 1. The smallest absolute Gasteiger partial charge is 0.382 e. The van der Waals surface area contributed by atoms with Gasteiger partial charge in [-0.3, -0.25) is 0 Å². The fourth-order valence-corrected chi connectivity index (χ4v) is 2.08. The Morgan fingerprint density at radius 2 is 2.25 bits per heavy atom. The van der Waals surface area contributed by atoms with Gasteiger partial charge in [-0.25, -0.2) is 4.79 Å². The van der Waals surface area contributed by atoms with E-state index in [-0.39, 0.29) is 0 Å². The molecule has 1 aliphatic carbocycles.